The van der Waals surface area contributed by atoms with Gasteiger partial charge in [0.15, 0.2) is 6.29 Å². The van der Waals surface area contributed by atoms with Crippen molar-refractivity contribution in [3.05, 3.63) is 35.5 Å². The molecule has 0 aromatic carbocycles. The van der Waals surface area contributed by atoms with Crippen LogP contribution in [0.3, 0.4) is 0 Å². The van der Waals surface area contributed by atoms with Crippen molar-refractivity contribution in [2.45, 2.75) is 98.9 Å². The van der Waals surface area contributed by atoms with Crippen molar-refractivity contribution in [1.82, 2.24) is 0 Å². The maximum atomic E-state index is 11.8. The molecule has 1 heterocycles. The number of esters is 1. The molecule has 1 aliphatic rings. The van der Waals surface area contributed by atoms with Gasteiger partial charge in [-0.1, -0.05) is 29.4 Å². The van der Waals surface area contributed by atoms with E-state index in [9.17, 15) is 4.79 Å². The Kier molecular flexibility index (Phi) is 11.5. The summed E-state index contributed by atoms with van der Waals surface area (Å²) in [6, 6.07) is 0. The van der Waals surface area contributed by atoms with Gasteiger partial charge in [-0.3, -0.25) is 4.79 Å². The second-order valence-electron chi connectivity index (χ2n) is 9.29. The molecule has 0 bridgehead atoms. The molecular formula is C25H42O4. The summed E-state index contributed by atoms with van der Waals surface area (Å²) in [7, 11) is 0. The minimum atomic E-state index is -0.448. The maximum Gasteiger partial charge on any atom is 0.311 e. The summed E-state index contributed by atoms with van der Waals surface area (Å²) in [6.45, 7) is 17.1. The fourth-order valence-corrected chi connectivity index (χ4v) is 3.02. The number of carbonyl (C=O) groups is 1. The highest BCUT2D eigenvalue weighted by molar-refractivity contribution is 5.75. The Balaban J connectivity index is 2.33. The highest BCUT2D eigenvalue weighted by Gasteiger charge is 2.22. The third-order valence-corrected chi connectivity index (χ3v) is 5.09. The maximum absolute atomic E-state index is 11.8. The van der Waals surface area contributed by atoms with Gasteiger partial charge in [-0.15, -0.1) is 0 Å². The highest BCUT2D eigenvalue weighted by atomic mass is 16.7. The molecule has 4 heteroatoms. The zero-order valence-electron chi connectivity index (χ0n) is 19.5. The topological polar surface area (TPSA) is 44.8 Å². The molecular weight excluding hydrogens is 364 g/mol. The Labute approximate surface area is 178 Å². The molecule has 0 amide bonds. The van der Waals surface area contributed by atoms with Crippen LogP contribution < -0.4 is 0 Å². The van der Waals surface area contributed by atoms with Crippen LogP contribution in [-0.4, -0.2) is 31.6 Å². The number of allylic oxidation sites excluding steroid dienone is 3. The third-order valence-electron chi connectivity index (χ3n) is 5.09. The molecule has 29 heavy (non-hydrogen) atoms. The largest absolute Gasteiger partial charge is 0.461 e. The van der Waals surface area contributed by atoms with Crippen molar-refractivity contribution < 1.29 is 19.0 Å². The lowest BCUT2D eigenvalue weighted by atomic mass is 9.97. The van der Waals surface area contributed by atoms with Crippen molar-refractivity contribution in [2.75, 3.05) is 13.2 Å². The molecule has 0 saturated carbocycles. The number of rotatable bonds is 11. The molecule has 4 nitrogen and oxygen atoms in total. The third kappa shape index (κ3) is 11.4. The van der Waals surface area contributed by atoms with Gasteiger partial charge in [0.2, 0.25) is 0 Å². The monoisotopic (exact) mass is 406 g/mol. The quantitative estimate of drug-likeness (QED) is 0.289. The SMILES string of the molecule is C=C(C)C(CCC(C)=CCCC(C)=CCOC(=O)C(C)(C)C)OC1CCCCO1. The molecule has 1 saturated heterocycles. The summed E-state index contributed by atoms with van der Waals surface area (Å²) in [5.41, 5.74) is 3.23. The smallest absolute Gasteiger partial charge is 0.311 e. The van der Waals surface area contributed by atoms with Crippen LogP contribution in [0.15, 0.2) is 35.5 Å². The van der Waals surface area contributed by atoms with Crippen LogP contribution in [0.2, 0.25) is 0 Å². The number of carbonyl (C=O) groups excluding carboxylic acids is 1. The van der Waals surface area contributed by atoms with E-state index in [1.807, 2.05) is 33.8 Å². The number of hydrogen-bond donors (Lipinski definition) is 0. The fraction of sp³-hybridized carbons (Fsp3) is 0.720. The van der Waals surface area contributed by atoms with Gasteiger partial charge in [0, 0.05) is 6.61 Å². The predicted molar refractivity (Wildman–Crippen MR) is 120 cm³/mol. The van der Waals surface area contributed by atoms with Crippen LogP contribution in [0.1, 0.15) is 86.5 Å². The van der Waals surface area contributed by atoms with Crippen LogP contribution in [-0.2, 0) is 19.0 Å². The van der Waals surface area contributed by atoms with E-state index in [4.69, 9.17) is 14.2 Å². The average Bonchev–Trinajstić information content (AvgIpc) is 2.64. The Bertz CT molecular complexity index is 574. The van der Waals surface area contributed by atoms with Gasteiger partial charge in [0.25, 0.3) is 0 Å². The Morgan fingerprint density at radius 2 is 1.83 bits per heavy atom. The van der Waals surface area contributed by atoms with Crippen LogP contribution in [0.5, 0.6) is 0 Å². The standard InChI is InChI=1S/C25H42O4/c1-19(2)22(29-23-13-8-9-17-27-23)15-14-20(3)11-10-12-21(4)16-18-28-24(26)25(5,6)7/h11,16,22-23H,1,8-10,12-15,17-18H2,2-7H3. The van der Waals surface area contributed by atoms with E-state index in [0.717, 1.165) is 50.7 Å². The van der Waals surface area contributed by atoms with Crippen molar-refractivity contribution >= 4 is 5.97 Å². The summed E-state index contributed by atoms with van der Waals surface area (Å²) in [5, 5.41) is 0. The molecule has 0 radical (unpaired) electrons. The second-order valence-corrected chi connectivity index (χ2v) is 9.29. The first-order valence-corrected chi connectivity index (χ1v) is 11.0. The van der Waals surface area contributed by atoms with E-state index in [-0.39, 0.29) is 18.4 Å². The summed E-state index contributed by atoms with van der Waals surface area (Å²) >= 11 is 0. The summed E-state index contributed by atoms with van der Waals surface area (Å²) < 4.78 is 17.1. The molecule has 2 atom stereocenters. The van der Waals surface area contributed by atoms with E-state index in [1.165, 1.54) is 17.6 Å². The highest BCUT2D eigenvalue weighted by Crippen LogP contribution is 2.22. The molecule has 0 N–H and O–H groups in total. The van der Waals surface area contributed by atoms with Gasteiger partial charge in [-0.2, -0.15) is 0 Å². The fourth-order valence-electron chi connectivity index (χ4n) is 3.02. The lowest BCUT2D eigenvalue weighted by Crippen LogP contribution is -2.28. The van der Waals surface area contributed by atoms with Crippen molar-refractivity contribution in [2.24, 2.45) is 5.41 Å². The van der Waals surface area contributed by atoms with Crippen LogP contribution in [0.25, 0.3) is 0 Å². The van der Waals surface area contributed by atoms with E-state index < -0.39 is 5.41 Å². The number of ether oxygens (including phenoxy) is 3. The molecule has 166 valence electrons. The predicted octanol–water partition coefficient (Wildman–Crippen LogP) is 6.52. The molecule has 1 fully saturated rings. The molecule has 1 aliphatic heterocycles. The molecule has 1 rings (SSSR count). The van der Waals surface area contributed by atoms with Crippen LogP contribution in [0, 0.1) is 5.41 Å². The van der Waals surface area contributed by atoms with Gasteiger partial charge < -0.3 is 14.2 Å². The first-order chi connectivity index (χ1) is 13.6. The van der Waals surface area contributed by atoms with Crippen molar-refractivity contribution in [3.63, 3.8) is 0 Å². The molecule has 0 spiro atoms. The lowest BCUT2D eigenvalue weighted by Gasteiger charge is -2.28. The summed E-state index contributed by atoms with van der Waals surface area (Å²) in [6.07, 6.45) is 11.5. The molecule has 0 aromatic rings. The van der Waals surface area contributed by atoms with Crippen LogP contribution >= 0.6 is 0 Å². The van der Waals surface area contributed by atoms with Gasteiger partial charge in [0.1, 0.15) is 6.61 Å². The Morgan fingerprint density at radius 3 is 2.41 bits per heavy atom. The first kappa shape index (κ1) is 25.6. The van der Waals surface area contributed by atoms with Gasteiger partial charge in [0.05, 0.1) is 11.5 Å². The van der Waals surface area contributed by atoms with Gasteiger partial charge in [-0.05, 0) is 92.6 Å². The minimum absolute atomic E-state index is 0.0561. The summed E-state index contributed by atoms with van der Waals surface area (Å²) in [5.74, 6) is -0.162. The zero-order valence-corrected chi connectivity index (χ0v) is 19.5. The second kappa shape index (κ2) is 13.0. The normalized spacial score (nSPS) is 19.7. The Hall–Kier alpha value is -1.39. The van der Waals surface area contributed by atoms with E-state index in [0.29, 0.717) is 6.61 Å². The van der Waals surface area contributed by atoms with Gasteiger partial charge >= 0.3 is 5.97 Å². The van der Waals surface area contributed by atoms with E-state index in [1.54, 1.807) is 0 Å². The van der Waals surface area contributed by atoms with Crippen LogP contribution in [0.4, 0.5) is 0 Å². The van der Waals surface area contributed by atoms with Crippen molar-refractivity contribution in [1.29, 1.82) is 0 Å². The number of hydrogen-bond acceptors (Lipinski definition) is 4. The van der Waals surface area contributed by atoms with E-state index in [2.05, 4.69) is 26.5 Å². The zero-order chi connectivity index (χ0) is 21.9. The Morgan fingerprint density at radius 1 is 1.14 bits per heavy atom. The minimum Gasteiger partial charge on any atom is -0.461 e. The molecule has 0 aliphatic carbocycles. The molecule has 0 aromatic heterocycles. The average molecular weight is 407 g/mol. The first-order valence-electron chi connectivity index (χ1n) is 11.0. The van der Waals surface area contributed by atoms with Gasteiger partial charge in [-0.25, -0.2) is 0 Å². The summed E-state index contributed by atoms with van der Waals surface area (Å²) in [4.78, 5) is 11.8. The van der Waals surface area contributed by atoms with Crippen molar-refractivity contribution in [3.8, 4) is 0 Å². The lowest BCUT2D eigenvalue weighted by molar-refractivity contribution is -0.181. The van der Waals surface area contributed by atoms with E-state index >= 15 is 0 Å². The molecule has 2 unspecified atom stereocenters.